The molecule has 1 rings (SSSR count). The Labute approximate surface area is 88.2 Å². The molecule has 0 aliphatic heterocycles. The van der Waals surface area contributed by atoms with Crippen molar-refractivity contribution in [3.05, 3.63) is 29.6 Å². The number of nitrogens with one attached hydrogen (secondary N) is 1. The first-order valence-corrected chi connectivity index (χ1v) is 4.19. The lowest BCUT2D eigenvalue weighted by atomic mass is 10.1. The largest absolute Gasteiger partial charge is 0.405 e. The molecule has 0 heterocycles. The lowest BCUT2D eigenvalue weighted by molar-refractivity contribution is -0.123. The van der Waals surface area contributed by atoms with Gasteiger partial charge in [-0.15, -0.1) is 0 Å². The molecule has 0 aliphatic carbocycles. The first-order valence-electron chi connectivity index (χ1n) is 4.19. The Morgan fingerprint density at radius 1 is 1.38 bits per heavy atom. The highest BCUT2D eigenvalue weighted by atomic mass is 19.4. The summed E-state index contributed by atoms with van der Waals surface area (Å²) in [5.74, 6) is -1.80. The maximum absolute atomic E-state index is 12.7. The third-order valence-corrected chi connectivity index (χ3v) is 1.71. The smallest absolute Gasteiger partial charge is 0.398 e. The van der Waals surface area contributed by atoms with Gasteiger partial charge in [-0.2, -0.15) is 13.2 Å². The van der Waals surface area contributed by atoms with Crippen molar-refractivity contribution in [2.45, 2.75) is 6.18 Å². The van der Waals surface area contributed by atoms with Crippen LogP contribution in [0, 0.1) is 5.82 Å². The molecule has 0 aromatic heterocycles. The number of hydrogen-bond donors (Lipinski definition) is 2. The number of halogens is 4. The number of carbonyl (C=O) groups is 1. The molecular formula is C9H8F4N2O. The average Bonchev–Trinajstić information content (AvgIpc) is 2.17. The van der Waals surface area contributed by atoms with Gasteiger partial charge < -0.3 is 11.1 Å². The minimum atomic E-state index is -4.52. The van der Waals surface area contributed by atoms with E-state index in [-0.39, 0.29) is 11.3 Å². The molecule has 0 saturated heterocycles. The van der Waals surface area contributed by atoms with E-state index in [1.165, 1.54) is 0 Å². The van der Waals surface area contributed by atoms with Gasteiger partial charge in [0.1, 0.15) is 12.4 Å². The SMILES string of the molecule is Nc1ccc(F)cc1C(=O)NCC(F)(F)F. The number of amides is 1. The van der Waals surface area contributed by atoms with Crippen LogP contribution in [0.2, 0.25) is 0 Å². The summed E-state index contributed by atoms with van der Waals surface area (Å²) in [6.45, 7) is -1.48. The van der Waals surface area contributed by atoms with Gasteiger partial charge in [-0.3, -0.25) is 4.79 Å². The Morgan fingerprint density at radius 3 is 2.56 bits per heavy atom. The number of nitrogen functional groups attached to an aromatic ring is 1. The van der Waals surface area contributed by atoms with Crippen molar-refractivity contribution in [3.63, 3.8) is 0 Å². The minimum absolute atomic E-state index is 0.0823. The molecule has 3 nitrogen and oxygen atoms in total. The number of anilines is 1. The van der Waals surface area contributed by atoms with Crippen molar-refractivity contribution in [3.8, 4) is 0 Å². The van der Waals surface area contributed by atoms with Crippen molar-refractivity contribution in [2.24, 2.45) is 0 Å². The molecule has 7 heteroatoms. The first kappa shape index (κ1) is 12.3. The Hall–Kier alpha value is -1.79. The van der Waals surface area contributed by atoms with Crippen LogP contribution >= 0.6 is 0 Å². The second-order valence-corrected chi connectivity index (χ2v) is 3.03. The van der Waals surface area contributed by atoms with Gasteiger partial charge in [-0.05, 0) is 18.2 Å². The van der Waals surface area contributed by atoms with E-state index in [2.05, 4.69) is 0 Å². The van der Waals surface area contributed by atoms with E-state index in [1.807, 2.05) is 0 Å². The number of alkyl halides is 3. The summed E-state index contributed by atoms with van der Waals surface area (Å²) in [4.78, 5) is 11.2. The maximum Gasteiger partial charge on any atom is 0.405 e. The second-order valence-electron chi connectivity index (χ2n) is 3.03. The number of rotatable bonds is 2. The van der Waals surface area contributed by atoms with Crippen LogP contribution in [-0.2, 0) is 0 Å². The summed E-state index contributed by atoms with van der Waals surface area (Å²) in [5, 5.41) is 1.60. The van der Waals surface area contributed by atoms with Crippen LogP contribution in [0.1, 0.15) is 10.4 Å². The molecule has 16 heavy (non-hydrogen) atoms. The van der Waals surface area contributed by atoms with Crippen molar-refractivity contribution in [1.29, 1.82) is 0 Å². The fourth-order valence-corrected chi connectivity index (χ4v) is 1.00. The molecule has 0 unspecified atom stereocenters. The summed E-state index contributed by atoms with van der Waals surface area (Å²) in [6.07, 6.45) is -4.52. The van der Waals surface area contributed by atoms with Crippen molar-refractivity contribution in [2.75, 3.05) is 12.3 Å². The Balaban J connectivity index is 2.77. The Morgan fingerprint density at radius 2 is 2.00 bits per heavy atom. The molecule has 1 aromatic carbocycles. The van der Waals surface area contributed by atoms with Crippen molar-refractivity contribution >= 4 is 11.6 Å². The maximum atomic E-state index is 12.7. The van der Waals surface area contributed by atoms with Gasteiger partial charge in [0.15, 0.2) is 0 Å². The lowest BCUT2D eigenvalue weighted by Gasteiger charge is -2.09. The molecule has 3 N–H and O–H groups in total. The van der Waals surface area contributed by atoms with E-state index in [4.69, 9.17) is 5.73 Å². The van der Waals surface area contributed by atoms with Crippen molar-refractivity contribution in [1.82, 2.24) is 5.32 Å². The van der Waals surface area contributed by atoms with Crippen LogP contribution in [0.15, 0.2) is 18.2 Å². The van der Waals surface area contributed by atoms with E-state index in [0.29, 0.717) is 0 Å². The molecule has 0 radical (unpaired) electrons. The van der Waals surface area contributed by atoms with E-state index < -0.39 is 24.4 Å². The van der Waals surface area contributed by atoms with Crippen molar-refractivity contribution < 1.29 is 22.4 Å². The Kier molecular flexibility index (Phi) is 3.36. The van der Waals surface area contributed by atoms with Gasteiger partial charge >= 0.3 is 6.18 Å². The molecule has 1 aromatic rings. The van der Waals surface area contributed by atoms with Crippen LogP contribution in [-0.4, -0.2) is 18.6 Å². The zero-order valence-corrected chi connectivity index (χ0v) is 7.94. The molecule has 0 aliphatic rings. The molecule has 1 amide bonds. The van der Waals surface area contributed by atoms with Crippen LogP contribution in [0.5, 0.6) is 0 Å². The molecule has 0 fully saturated rings. The predicted octanol–water partition coefficient (Wildman–Crippen LogP) is 1.70. The van der Waals surface area contributed by atoms with E-state index in [9.17, 15) is 22.4 Å². The summed E-state index contributed by atoms with van der Waals surface area (Å²) in [5.41, 5.74) is 4.92. The fourth-order valence-electron chi connectivity index (χ4n) is 1.00. The average molecular weight is 236 g/mol. The van der Waals surface area contributed by atoms with Crippen LogP contribution < -0.4 is 11.1 Å². The zero-order valence-electron chi connectivity index (χ0n) is 7.94. The van der Waals surface area contributed by atoms with Gasteiger partial charge in [-0.25, -0.2) is 4.39 Å². The predicted molar refractivity (Wildman–Crippen MR) is 49.2 cm³/mol. The third-order valence-electron chi connectivity index (χ3n) is 1.71. The lowest BCUT2D eigenvalue weighted by Crippen LogP contribution is -2.34. The molecule has 0 atom stereocenters. The van der Waals surface area contributed by atoms with E-state index >= 15 is 0 Å². The van der Waals surface area contributed by atoms with Gasteiger partial charge in [0.25, 0.3) is 5.91 Å². The number of carbonyl (C=O) groups excluding carboxylic acids is 1. The molecule has 0 bridgehead atoms. The molecular weight excluding hydrogens is 228 g/mol. The number of nitrogens with two attached hydrogens (primary N) is 1. The summed E-state index contributed by atoms with van der Waals surface area (Å²) in [7, 11) is 0. The molecule has 88 valence electrons. The van der Waals surface area contributed by atoms with Gasteiger partial charge in [0.2, 0.25) is 0 Å². The van der Waals surface area contributed by atoms with Gasteiger partial charge in [0.05, 0.1) is 5.56 Å². The summed E-state index contributed by atoms with van der Waals surface area (Å²) in [6, 6.07) is 2.90. The highest BCUT2D eigenvalue weighted by molar-refractivity contribution is 5.99. The quantitative estimate of drug-likeness (QED) is 0.606. The van der Waals surface area contributed by atoms with Crippen LogP contribution in [0.25, 0.3) is 0 Å². The third kappa shape index (κ3) is 3.41. The van der Waals surface area contributed by atoms with E-state index in [1.54, 1.807) is 5.32 Å². The summed E-state index contributed by atoms with van der Waals surface area (Å²) < 4.78 is 48.1. The topological polar surface area (TPSA) is 55.1 Å². The monoisotopic (exact) mass is 236 g/mol. The van der Waals surface area contributed by atoms with Crippen LogP contribution in [0.3, 0.4) is 0 Å². The first-order chi connectivity index (χ1) is 7.29. The molecule has 0 saturated carbocycles. The minimum Gasteiger partial charge on any atom is -0.398 e. The van der Waals surface area contributed by atoms with Crippen LogP contribution in [0.4, 0.5) is 23.2 Å². The van der Waals surface area contributed by atoms with E-state index in [0.717, 1.165) is 18.2 Å². The highest BCUT2D eigenvalue weighted by Crippen LogP contribution is 2.15. The summed E-state index contributed by atoms with van der Waals surface area (Å²) >= 11 is 0. The number of hydrogen-bond acceptors (Lipinski definition) is 2. The van der Waals surface area contributed by atoms with Gasteiger partial charge in [-0.1, -0.05) is 0 Å². The van der Waals surface area contributed by atoms with Gasteiger partial charge in [0, 0.05) is 5.69 Å². The zero-order chi connectivity index (χ0) is 12.3. The Bertz CT molecular complexity index is 403. The fraction of sp³-hybridized carbons (Fsp3) is 0.222. The number of benzene rings is 1. The molecule has 0 spiro atoms. The highest BCUT2D eigenvalue weighted by Gasteiger charge is 2.28. The normalized spacial score (nSPS) is 11.2. The standard InChI is InChI=1S/C9H8F4N2O/c10-5-1-2-7(14)6(3-5)8(16)15-4-9(11,12)13/h1-3H,4,14H2,(H,15,16). The second kappa shape index (κ2) is 4.38.